The summed E-state index contributed by atoms with van der Waals surface area (Å²) >= 11 is 0. The van der Waals surface area contributed by atoms with E-state index < -0.39 is 0 Å². The van der Waals surface area contributed by atoms with Gasteiger partial charge in [0.15, 0.2) is 0 Å². The Morgan fingerprint density at radius 3 is 2.82 bits per heavy atom. The summed E-state index contributed by atoms with van der Waals surface area (Å²) in [6.07, 6.45) is 1.21. The summed E-state index contributed by atoms with van der Waals surface area (Å²) in [6, 6.07) is 9.54. The molecule has 2 rings (SSSR count). The molecule has 0 radical (unpaired) electrons. The molecule has 1 aromatic rings. The van der Waals surface area contributed by atoms with Gasteiger partial charge in [-0.3, -0.25) is 4.79 Å². The number of hydrogen-bond donors (Lipinski definition) is 1. The van der Waals surface area contributed by atoms with Crippen LogP contribution in [0.25, 0.3) is 0 Å². The van der Waals surface area contributed by atoms with Gasteiger partial charge >= 0.3 is 6.09 Å². The van der Waals surface area contributed by atoms with Crippen LogP contribution in [0.4, 0.5) is 4.79 Å². The molecular formula is C16H22N2O4. The lowest BCUT2D eigenvalue weighted by molar-refractivity contribution is -0.127. The van der Waals surface area contributed by atoms with Crippen LogP contribution < -0.4 is 5.32 Å². The zero-order valence-corrected chi connectivity index (χ0v) is 12.8. The van der Waals surface area contributed by atoms with E-state index in [-0.39, 0.29) is 31.3 Å². The Labute approximate surface area is 130 Å². The quantitative estimate of drug-likeness (QED) is 0.842. The molecule has 6 heteroatoms. The number of likely N-dealkylation sites (tertiary alicyclic amines) is 1. The highest BCUT2D eigenvalue weighted by atomic mass is 16.6. The Kier molecular flexibility index (Phi) is 6.21. The number of amides is 2. The second kappa shape index (κ2) is 8.38. The number of rotatable bonds is 5. The monoisotopic (exact) mass is 306 g/mol. The number of benzene rings is 1. The highest BCUT2D eigenvalue weighted by Gasteiger charge is 2.29. The normalized spacial score (nSPS) is 17.9. The van der Waals surface area contributed by atoms with Gasteiger partial charge in [0.1, 0.15) is 13.3 Å². The van der Waals surface area contributed by atoms with Crippen LogP contribution in [0.3, 0.4) is 0 Å². The third-order valence-corrected chi connectivity index (χ3v) is 3.65. The maximum atomic E-state index is 12.1. The number of carbonyl (C=O) groups excluding carboxylic acids is 2. The van der Waals surface area contributed by atoms with E-state index in [4.69, 9.17) is 9.47 Å². The first-order chi connectivity index (χ1) is 10.7. The molecule has 1 atom stereocenters. The number of hydrogen-bond acceptors (Lipinski definition) is 4. The summed E-state index contributed by atoms with van der Waals surface area (Å²) < 4.78 is 10.1. The van der Waals surface area contributed by atoms with Crippen molar-refractivity contribution in [2.24, 2.45) is 5.92 Å². The summed E-state index contributed by atoms with van der Waals surface area (Å²) in [4.78, 5) is 25.6. The minimum absolute atomic E-state index is 0.0811. The third kappa shape index (κ3) is 4.73. The van der Waals surface area contributed by atoms with Crippen molar-refractivity contribution in [2.75, 3.05) is 26.9 Å². The molecule has 0 unspecified atom stereocenters. The lowest BCUT2D eigenvalue weighted by Gasteiger charge is -2.31. The Bertz CT molecular complexity index is 492. The lowest BCUT2D eigenvalue weighted by atomic mass is 9.97. The number of nitrogens with zero attached hydrogens (tertiary/aromatic N) is 1. The second-order valence-electron chi connectivity index (χ2n) is 5.30. The van der Waals surface area contributed by atoms with Gasteiger partial charge in [0, 0.05) is 20.2 Å². The fourth-order valence-electron chi connectivity index (χ4n) is 2.46. The van der Waals surface area contributed by atoms with E-state index in [0.29, 0.717) is 13.1 Å². The average Bonchev–Trinajstić information content (AvgIpc) is 2.58. The minimum Gasteiger partial charge on any atom is -0.445 e. The van der Waals surface area contributed by atoms with Gasteiger partial charge in [-0.15, -0.1) is 0 Å². The number of carbonyl (C=O) groups is 2. The van der Waals surface area contributed by atoms with E-state index in [0.717, 1.165) is 18.4 Å². The van der Waals surface area contributed by atoms with Crippen LogP contribution in [0.5, 0.6) is 0 Å². The average molecular weight is 306 g/mol. The van der Waals surface area contributed by atoms with E-state index in [1.54, 1.807) is 4.90 Å². The Morgan fingerprint density at radius 2 is 2.09 bits per heavy atom. The summed E-state index contributed by atoms with van der Waals surface area (Å²) in [7, 11) is 1.52. The van der Waals surface area contributed by atoms with Crippen molar-refractivity contribution in [1.82, 2.24) is 10.2 Å². The van der Waals surface area contributed by atoms with E-state index >= 15 is 0 Å². The van der Waals surface area contributed by atoms with Crippen LogP contribution in [0.1, 0.15) is 18.4 Å². The lowest BCUT2D eigenvalue weighted by Crippen LogP contribution is -2.45. The molecule has 2 amide bonds. The van der Waals surface area contributed by atoms with Gasteiger partial charge in [-0.1, -0.05) is 30.3 Å². The predicted octanol–water partition coefficient (Wildman–Crippen LogP) is 1.76. The highest BCUT2D eigenvalue weighted by Crippen LogP contribution is 2.17. The Hall–Kier alpha value is -2.08. The first kappa shape index (κ1) is 16.3. The summed E-state index contributed by atoms with van der Waals surface area (Å²) in [5.41, 5.74) is 0.947. The molecular weight excluding hydrogens is 284 g/mol. The van der Waals surface area contributed by atoms with Gasteiger partial charge in [0.25, 0.3) is 0 Å². The molecule has 6 nitrogen and oxygen atoms in total. The zero-order chi connectivity index (χ0) is 15.8. The van der Waals surface area contributed by atoms with Gasteiger partial charge in [-0.05, 0) is 18.4 Å². The van der Waals surface area contributed by atoms with Crippen LogP contribution in [0.2, 0.25) is 0 Å². The van der Waals surface area contributed by atoms with Crippen LogP contribution in [-0.2, 0) is 20.9 Å². The minimum atomic E-state index is -0.368. The molecule has 1 fully saturated rings. The van der Waals surface area contributed by atoms with Gasteiger partial charge in [0.05, 0.1) is 5.92 Å². The fourth-order valence-corrected chi connectivity index (χ4v) is 2.46. The molecule has 1 aliphatic heterocycles. The first-order valence-electron chi connectivity index (χ1n) is 7.43. The molecule has 1 N–H and O–H groups in total. The van der Waals surface area contributed by atoms with Crippen LogP contribution in [-0.4, -0.2) is 43.8 Å². The van der Waals surface area contributed by atoms with Crippen LogP contribution in [0, 0.1) is 5.92 Å². The molecule has 0 spiro atoms. The Morgan fingerprint density at radius 1 is 1.32 bits per heavy atom. The van der Waals surface area contributed by atoms with Crippen molar-refractivity contribution in [3.05, 3.63) is 35.9 Å². The molecule has 1 heterocycles. The van der Waals surface area contributed by atoms with Crippen molar-refractivity contribution < 1.29 is 19.1 Å². The zero-order valence-electron chi connectivity index (χ0n) is 12.8. The molecule has 1 aliphatic rings. The van der Waals surface area contributed by atoms with Gasteiger partial charge in [0.2, 0.25) is 5.91 Å². The van der Waals surface area contributed by atoms with E-state index in [9.17, 15) is 9.59 Å². The van der Waals surface area contributed by atoms with Crippen LogP contribution in [0.15, 0.2) is 30.3 Å². The number of nitrogens with one attached hydrogen (secondary N) is 1. The number of ether oxygens (including phenoxy) is 2. The molecule has 0 saturated carbocycles. The number of methoxy groups -OCH3 is 1. The molecule has 22 heavy (non-hydrogen) atoms. The number of piperidine rings is 1. The summed E-state index contributed by atoms with van der Waals surface area (Å²) in [5.74, 6) is -0.282. The molecule has 1 aromatic carbocycles. The maximum absolute atomic E-state index is 12.1. The summed E-state index contributed by atoms with van der Waals surface area (Å²) in [5, 5.41) is 2.68. The van der Waals surface area contributed by atoms with Gasteiger partial charge in [-0.25, -0.2) is 4.79 Å². The summed E-state index contributed by atoms with van der Waals surface area (Å²) in [6.45, 7) is 1.45. The van der Waals surface area contributed by atoms with Crippen molar-refractivity contribution >= 4 is 12.0 Å². The van der Waals surface area contributed by atoms with Gasteiger partial charge in [-0.2, -0.15) is 0 Å². The predicted molar refractivity (Wildman–Crippen MR) is 80.9 cm³/mol. The van der Waals surface area contributed by atoms with Crippen molar-refractivity contribution in [3.63, 3.8) is 0 Å². The standard InChI is InChI=1S/C16H22N2O4/c1-21-12-17-15(19)14-8-5-9-18(10-14)16(20)22-11-13-6-3-2-4-7-13/h2-4,6-7,14H,5,8-12H2,1H3,(H,17,19)/t14-/m1/s1. The fraction of sp³-hybridized carbons (Fsp3) is 0.500. The van der Waals surface area contributed by atoms with E-state index in [1.807, 2.05) is 30.3 Å². The maximum Gasteiger partial charge on any atom is 0.410 e. The highest BCUT2D eigenvalue weighted by molar-refractivity contribution is 5.79. The van der Waals surface area contributed by atoms with Crippen molar-refractivity contribution in [2.45, 2.75) is 19.4 Å². The first-order valence-corrected chi connectivity index (χ1v) is 7.43. The second-order valence-corrected chi connectivity index (χ2v) is 5.30. The van der Waals surface area contributed by atoms with E-state index in [2.05, 4.69) is 5.32 Å². The Balaban J connectivity index is 1.81. The van der Waals surface area contributed by atoms with Crippen LogP contribution >= 0.6 is 0 Å². The largest absolute Gasteiger partial charge is 0.445 e. The third-order valence-electron chi connectivity index (χ3n) is 3.65. The molecule has 120 valence electrons. The smallest absolute Gasteiger partial charge is 0.410 e. The van der Waals surface area contributed by atoms with Gasteiger partial charge < -0.3 is 19.7 Å². The topological polar surface area (TPSA) is 67.9 Å². The van der Waals surface area contributed by atoms with E-state index in [1.165, 1.54) is 7.11 Å². The molecule has 0 aromatic heterocycles. The molecule has 0 bridgehead atoms. The SMILES string of the molecule is COCNC(=O)[C@@H]1CCCN(C(=O)OCc2ccccc2)C1. The molecule has 0 aliphatic carbocycles. The van der Waals surface area contributed by atoms with Crippen molar-refractivity contribution in [1.29, 1.82) is 0 Å². The van der Waals surface area contributed by atoms with Crippen molar-refractivity contribution in [3.8, 4) is 0 Å². The molecule has 1 saturated heterocycles.